The number of aromatic nitrogens is 1. The Kier molecular flexibility index (Phi) is 5.73. The molecule has 3 aromatic rings. The van der Waals surface area contributed by atoms with E-state index in [1.54, 1.807) is 4.57 Å². The number of benzene rings is 2. The largest absolute Gasteiger partial charge is 0.417 e. The molecule has 2 nitrogen and oxygen atoms in total. The molecule has 1 fully saturated rings. The number of nitrogens with zero attached hydrogens (tertiary/aromatic N) is 1. The van der Waals surface area contributed by atoms with E-state index < -0.39 is 29.8 Å². The molecule has 0 aliphatic heterocycles. The summed E-state index contributed by atoms with van der Waals surface area (Å²) in [4.78, 5) is 0. The Hall–Kier alpha value is -2.55. The van der Waals surface area contributed by atoms with Crippen molar-refractivity contribution >= 4 is 10.9 Å². The van der Waals surface area contributed by atoms with E-state index in [1.165, 1.54) is 24.4 Å². The minimum absolute atomic E-state index is 0.0430. The van der Waals surface area contributed by atoms with E-state index in [1.807, 2.05) is 0 Å². The van der Waals surface area contributed by atoms with Gasteiger partial charge in [0.25, 0.3) is 0 Å². The molecule has 4 rings (SSSR count). The third-order valence-electron chi connectivity index (χ3n) is 6.14. The fraction of sp³-hybridized carbons (Fsp3) is 0.391. The Bertz CT molecular complexity index is 1120. The van der Waals surface area contributed by atoms with Crippen LogP contribution in [0.4, 0.5) is 30.7 Å². The highest BCUT2D eigenvalue weighted by molar-refractivity contribution is 5.89. The molecule has 1 saturated carbocycles. The first kappa shape index (κ1) is 22.6. The Morgan fingerprint density at radius 1 is 0.969 bits per heavy atom. The molecule has 172 valence electrons. The Labute approximate surface area is 179 Å². The molecular weight excluding hydrogens is 437 g/mol. The van der Waals surface area contributed by atoms with Crippen LogP contribution in [0.2, 0.25) is 0 Å². The van der Waals surface area contributed by atoms with Gasteiger partial charge in [-0.3, -0.25) is 0 Å². The average molecular weight is 458 g/mol. The number of fused-ring (bicyclic) bond motifs is 1. The van der Waals surface area contributed by atoms with Gasteiger partial charge in [0, 0.05) is 34.8 Å². The summed E-state index contributed by atoms with van der Waals surface area (Å²) in [5, 5.41) is -0.0430. The van der Waals surface area contributed by atoms with Crippen molar-refractivity contribution in [3.8, 4) is 11.1 Å². The Balaban J connectivity index is 1.92. The topological polar surface area (TPSA) is 30.9 Å². The molecule has 32 heavy (non-hydrogen) atoms. The normalized spacial score (nSPS) is 16.8. The van der Waals surface area contributed by atoms with Crippen molar-refractivity contribution < 1.29 is 30.7 Å². The van der Waals surface area contributed by atoms with Crippen LogP contribution in [-0.2, 0) is 12.7 Å². The number of halogens is 7. The van der Waals surface area contributed by atoms with Gasteiger partial charge in [-0.1, -0.05) is 31.0 Å². The summed E-state index contributed by atoms with van der Waals surface area (Å²) in [5.41, 5.74) is 3.68. The van der Waals surface area contributed by atoms with Crippen molar-refractivity contribution in [3.05, 3.63) is 59.5 Å². The molecule has 0 bridgehead atoms. The summed E-state index contributed by atoms with van der Waals surface area (Å²) >= 11 is 0. The molecule has 0 radical (unpaired) electrons. The lowest BCUT2D eigenvalue weighted by atomic mass is 9.96. The highest BCUT2D eigenvalue weighted by Gasteiger charge is 2.40. The first-order chi connectivity index (χ1) is 15.0. The lowest BCUT2D eigenvalue weighted by Gasteiger charge is -2.16. The molecule has 0 unspecified atom stereocenters. The average Bonchev–Trinajstić information content (AvgIpc) is 3.34. The van der Waals surface area contributed by atoms with Crippen molar-refractivity contribution in [1.29, 1.82) is 0 Å². The van der Waals surface area contributed by atoms with Crippen LogP contribution < -0.4 is 5.73 Å². The van der Waals surface area contributed by atoms with Crippen LogP contribution in [-0.4, -0.2) is 10.7 Å². The zero-order chi connectivity index (χ0) is 23.3. The van der Waals surface area contributed by atoms with Gasteiger partial charge in [0.15, 0.2) is 0 Å². The molecule has 1 aromatic heterocycles. The second-order valence-electron chi connectivity index (χ2n) is 8.30. The highest BCUT2D eigenvalue weighted by Crippen LogP contribution is 2.42. The van der Waals surface area contributed by atoms with Crippen molar-refractivity contribution in [3.63, 3.8) is 0 Å². The molecule has 2 aromatic carbocycles. The van der Waals surface area contributed by atoms with Crippen LogP contribution in [0.3, 0.4) is 0 Å². The van der Waals surface area contributed by atoms with Crippen LogP contribution in [0.15, 0.2) is 42.6 Å². The summed E-state index contributed by atoms with van der Waals surface area (Å²) in [6.45, 7) is 0.396. The SMILES string of the molecule is N[C@@H](c1cn(CC2CCCC2)c2cc(-c3ccccc3C(F)(F)F)c(F)cc12)C(F)(F)F. The van der Waals surface area contributed by atoms with Gasteiger partial charge in [-0.25, -0.2) is 4.39 Å². The maximum Gasteiger partial charge on any atom is 0.417 e. The van der Waals surface area contributed by atoms with Crippen LogP contribution in [0, 0.1) is 11.7 Å². The Morgan fingerprint density at radius 3 is 2.25 bits per heavy atom. The second-order valence-corrected chi connectivity index (χ2v) is 8.30. The lowest BCUT2D eigenvalue weighted by molar-refractivity contribution is -0.148. The molecule has 9 heteroatoms. The second kappa shape index (κ2) is 8.10. The van der Waals surface area contributed by atoms with Crippen molar-refractivity contribution in [2.24, 2.45) is 11.7 Å². The smallest absolute Gasteiger partial charge is 0.347 e. The predicted molar refractivity (Wildman–Crippen MR) is 107 cm³/mol. The van der Waals surface area contributed by atoms with Crippen LogP contribution in [0.25, 0.3) is 22.0 Å². The van der Waals surface area contributed by atoms with Gasteiger partial charge in [0.1, 0.15) is 11.9 Å². The number of alkyl halides is 6. The molecule has 1 heterocycles. The summed E-state index contributed by atoms with van der Waals surface area (Å²) in [5.74, 6) is -0.806. The number of hydrogen-bond acceptors (Lipinski definition) is 1. The fourth-order valence-electron chi connectivity index (χ4n) is 4.56. The van der Waals surface area contributed by atoms with E-state index in [9.17, 15) is 26.3 Å². The lowest BCUT2D eigenvalue weighted by Crippen LogP contribution is -2.28. The number of nitrogens with two attached hydrogens (primary N) is 1. The van der Waals surface area contributed by atoms with E-state index in [0.29, 0.717) is 6.54 Å². The minimum atomic E-state index is -4.75. The molecule has 1 aliphatic rings. The van der Waals surface area contributed by atoms with Crippen molar-refractivity contribution in [2.75, 3.05) is 0 Å². The highest BCUT2D eigenvalue weighted by atomic mass is 19.4. The van der Waals surface area contributed by atoms with Gasteiger partial charge in [-0.2, -0.15) is 26.3 Å². The maximum absolute atomic E-state index is 15.0. The monoisotopic (exact) mass is 458 g/mol. The van der Waals surface area contributed by atoms with E-state index in [-0.39, 0.29) is 33.5 Å². The van der Waals surface area contributed by atoms with E-state index in [4.69, 9.17) is 5.73 Å². The molecule has 0 saturated heterocycles. The van der Waals surface area contributed by atoms with Gasteiger partial charge in [-0.15, -0.1) is 0 Å². The minimum Gasteiger partial charge on any atom is -0.347 e. The van der Waals surface area contributed by atoms with Gasteiger partial charge < -0.3 is 10.3 Å². The maximum atomic E-state index is 15.0. The summed E-state index contributed by atoms with van der Waals surface area (Å²) in [6.07, 6.45) is -4.36. The number of hydrogen-bond donors (Lipinski definition) is 1. The molecule has 0 amide bonds. The van der Waals surface area contributed by atoms with Crippen molar-refractivity contribution in [1.82, 2.24) is 4.57 Å². The third kappa shape index (κ3) is 4.22. The fourth-order valence-corrected chi connectivity index (χ4v) is 4.56. The van der Waals surface area contributed by atoms with Gasteiger partial charge >= 0.3 is 12.4 Å². The molecule has 2 N–H and O–H groups in total. The zero-order valence-electron chi connectivity index (χ0n) is 16.9. The molecular formula is C23H21F7N2. The first-order valence-electron chi connectivity index (χ1n) is 10.3. The summed E-state index contributed by atoms with van der Waals surface area (Å²) in [7, 11) is 0. The van der Waals surface area contributed by atoms with E-state index >= 15 is 4.39 Å². The van der Waals surface area contributed by atoms with Crippen LogP contribution in [0.1, 0.15) is 42.9 Å². The predicted octanol–water partition coefficient (Wildman–Crippen LogP) is 7.22. The summed E-state index contributed by atoms with van der Waals surface area (Å²) in [6, 6.07) is 4.30. The van der Waals surface area contributed by atoms with Crippen LogP contribution in [0.5, 0.6) is 0 Å². The molecule has 1 atom stereocenters. The van der Waals surface area contributed by atoms with Gasteiger partial charge in [-0.05, 0) is 42.5 Å². The molecule has 0 spiro atoms. The standard InChI is InChI=1S/C23H21F7N2/c24-19-9-16-17(21(31)23(28,29)30)12-32(11-13-5-1-2-6-13)20(16)10-15(19)14-7-3-4-8-18(14)22(25,26)27/h3-4,7-10,12-13,21H,1-2,5-6,11,31H2/t21-/m0/s1. The van der Waals surface area contributed by atoms with Crippen molar-refractivity contribution in [2.45, 2.75) is 50.6 Å². The third-order valence-corrected chi connectivity index (χ3v) is 6.14. The first-order valence-corrected chi connectivity index (χ1v) is 10.3. The van der Waals surface area contributed by atoms with Gasteiger partial charge in [0.2, 0.25) is 0 Å². The number of rotatable bonds is 4. The molecule has 1 aliphatic carbocycles. The van der Waals surface area contributed by atoms with E-state index in [0.717, 1.165) is 43.9 Å². The van der Waals surface area contributed by atoms with E-state index in [2.05, 4.69) is 0 Å². The Morgan fingerprint density at radius 2 is 1.62 bits per heavy atom. The quantitative estimate of drug-likeness (QED) is 0.411. The summed E-state index contributed by atoms with van der Waals surface area (Å²) < 4.78 is 97.2. The van der Waals surface area contributed by atoms with Crippen LogP contribution >= 0.6 is 0 Å². The zero-order valence-corrected chi connectivity index (χ0v) is 16.9. The van der Waals surface area contributed by atoms with Gasteiger partial charge in [0.05, 0.1) is 5.56 Å².